The molecule has 7 nitrogen and oxygen atoms in total. The van der Waals surface area contributed by atoms with Crippen molar-refractivity contribution in [2.75, 3.05) is 0 Å². The fourth-order valence-corrected chi connectivity index (χ4v) is 4.27. The number of hydrogen-bond acceptors (Lipinski definition) is 4. The van der Waals surface area contributed by atoms with E-state index in [2.05, 4.69) is 51.5 Å². The molecule has 5 rings (SSSR count). The first-order chi connectivity index (χ1) is 17.1. The number of nitro groups is 1. The molecule has 0 atom stereocenters. The van der Waals surface area contributed by atoms with E-state index >= 15 is 0 Å². The summed E-state index contributed by atoms with van der Waals surface area (Å²) in [5.41, 5.74) is 5.87. The van der Waals surface area contributed by atoms with Crippen LogP contribution in [0.2, 0.25) is 0 Å². The summed E-state index contributed by atoms with van der Waals surface area (Å²) < 4.78 is 2.16. The lowest BCUT2D eigenvalue weighted by molar-refractivity contribution is -0.385. The Kier molecular flexibility index (Phi) is 6.05. The Balaban J connectivity index is 1.34. The highest BCUT2D eigenvalue weighted by Crippen LogP contribution is 2.23. The summed E-state index contributed by atoms with van der Waals surface area (Å²) in [5, 5.41) is 18.7. The van der Waals surface area contributed by atoms with Crippen molar-refractivity contribution in [2.45, 2.75) is 13.0 Å². The highest BCUT2D eigenvalue weighted by molar-refractivity contribution is 5.99. The zero-order valence-corrected chi connectivity index (χ0v) is 18.8. The number of fused-ring (bicyclic) bond motifs is 2. The second-order valence-electron chi connectivity index (χ2n) is 8.27. The number of amides is 1. The van der Waals surface area contributed by atoms with E-state index < -0.39 is 10.8 Å². The molecule has 0 saturated heterocycles. The summed E-state index contributed by atoms with van der Waals surface area (Å²) in [5.74, 6) is -0.421. The minimum atomic E-state index is -0.490. The summed E-state index contributed by atoms with van der Waals surface area (Å²) in [6.07, 6.45) is 3.49. The van der Waals surface area contributed by atoms with Crippen LogP contribution in [-0.2, 0) is 17.8 Å². The van der Waals surface area contributed by atoms with Crippen LogP contribution >= 0.6 is 0 Å². The number of hydrogen-bond donors (Lipinski definition) is 1. The molecule has 0 radical (unpaired) electrons. The third kappa shape index (κ3) is 4.79. The maximum absolute atomic E-state index is 12.3. The number of nitro benzene ring substituents is 1. The lowest BCUT2D eigenvalue weighted by Gasteiger charge is -2.07. The summed E-state index contributed by atoms with van der Waals surface area (Å²) >= 11 is 0. The first kappa shape index (κ1) is 22.0. The van der Waals surface area contributed by atoms with Gasteiger partial charge in [0, 0.05) is 40.8 Å². The first-order valence-corrected chi connectivity index (χ1v) is 11.2. The molecule has 5 aromatic rings. The van der Waals surface area contributed by atoms with Gasteiger partial charge in [-0.3, -0.25) is 14.9 Å². The van der Waals surface area contributed by atoms with Crippen molar-refractivity contribution in [3.8, 4) is 0 Å². The topological polar surface area (TPSA) is 89.5 Å². The lowest BCUT2D eigenvalue weighted by atomic mass is 10.1. The zero-order valence-electron chi connectivity index (χ0n) is 18.8. The number of nitrogens with zero attached hydrogens (tertiary/aromatic N) is 3. The number of aromatic nitrogens is 1. The molecule has 7 heteroatoms. The molecule has 35 heavy (non-hydrogen) atoms. The molecule has 1 N–H and O–H groups in total. The molecule has 1 heterocycles. The molecule has 0 unspecified atom stereocenters. The molecule has 172 valence electrons. The van der Waals surface area contributed by atoms with Crippen molar-refractivity contribution >= 4 is 39.5 Å². The summed E-state index contributed by atoms with van der Waals surface area (Å²) in [7, 11) is 0. The number of benzene rings is 4. The largest absolute Gasteiger partial charge is 0.342 e. The van der Waals surface area contributed by atoms with Crippen LogP contribution in [-0.4, -0.2) is 21.6 Å². The standard InChI is InChI=1S/C28H22N4O3/c33-28(16-23-9-3-5-11-26(23)32(34)35)30-29-17-24-19-31(27-12-6-4-10-25(24)27)18-20-13-14-21-7-1-2-8-22(21)15-20/h1-15,17,19H,16,18H2,(H,30,33)/b29-17+. The number of nitrogens with one attached hydrogen (secondary N) is 1. The molecule has 0 aliphatic carbocycles. The van der Waals surface area contributed by atoms with Crippen LogP contribution in [0.15, 0.2) is 102 Å². The van der Waals surface area contributed by atoms with Crippen LogP contribution in [0.4, 0.5) is 5.69 Å². The highest BCUT2D eigenvalue weighted by Gasteiger charge is 2.15. The predicted molar refractivity (Wildman–Crippen MR) is 138 cm³/mol. The van der Waals surface area contributed by atoms with Crippen molar-refractivity contribution in [3.05, 3.63) is 124 Å². The Morgan fingerprint density at radius 2 is 1.69 bits per heavy atom. The highest BCUT2D eigenvalue weighted by atomic mass is 16.6. The maximum atomic E-state index is 12.3. The molecule has 0 aliphatic rings. The van der Waals surface area contributed by atoms with E-state index in [4.69, 9.17) is 0 Å². The van der Waals surface area contributed by atoms with Gasteiger partial charge >= 0.3 is 0 Å². The monoisotopic (exact) mass is 462 g/mol. The lowest BCUT2D eigenvalue weighted by Crippen LogP contribution is -2.20. The van der Waals surface area contributed by atoms with E-state index in [-0.39, 0.29) is 12.1 Å². The number of carbonyl (C=O) groups excluding carboxylic acids is 1. The van der Waals surface area contributed by atoms with Crippen molar-refractivity contribution in [3.63, 3.8) is 0 Å². The van der Waals surface area contributed by atoms with Gasteiger partial charge in [-0.15, -0.1) is 0 Å². The minimum Gasteiger partial charge on any atom is -0.342 e. The predicted octanol–water partition coefficient (Wildman–Crippen LogP) is 5.44. The smallest absolute Gasteiger partial charge is 0.273 e. The Bertz CT molecular complexity index is 1590. The Morgan fingerprint density at radius 3 is 2.54 bits per heavy atom. The van der Waals surface area contributed by atoms with Crippen LogP contribution in [0.1, 0.15) is 16.7 Å². The molecule has 0 fully saturated rings. The van der Waals surface area contributed by atoms with E-state index in [1.807, 2.05) is 36.5 Å². The number of para-hydroxylation sites is 2. The zero-order chi connectivity index (χ0) is 24.2. The molecule has 1 aromatic heterocycles. The van der Waals surface area contributed by atoms with Gasteiger partial charge in [-0.25, -0.2) is 5.43 Å². The molecule has 0 saturated carbocycles. The maximum Gasteiger partial charge on any atom is 0.273 e. The van der Waals surface area contributed by atoms with Gasteiger partial charge in [-0.05, 0) is 28.5 Å². The molecule has 0 aliphatic heterocycles. The van der Waals surface area contributed by atoms with E-state index in [9.17, 15) is 14.9 Å². The summed E-state index contributed by atoms with van der Waals surface area (Å²) in [6.45, 7) is 0.698. The van der Waals surface area contributed by atoms with Crippen molar-refractivity contribution in [1.82, 2.24) is 9.99 Å². The third-order valence-electron chi connectivity index (χ3n) is 5.92. The average molecular weight is 463 g/mol. The van der Waals surface area contributed by atoms with Crippen LogP contribution in [0.25, 0.3) is 21.7 Å². The fraction of sp³-hybridized carbons (Fsp3) is 0.0714. The van der Waals surface area contributed by atoms with Gasteiger partial charge in [0.2, 0.25) is 5.91 Å². The van der Waals surface area contributed by atoms with E-state index in [0.29, 0.717) is 12.1 Å². The fourth-order valence-electron chi connectivity index (χ4n) is 4.27. The normalized spacial score (nSPS) is 11.3. The van der Waals surface area contributed by atoms with Crippen LogP contribution in [0.5, 0.6) is 0 Å². The quantitative estimate of drug-likeness (QED) is 0.198. The van der Waals surface area contributed by atoms with Crippen molar-refractivity contribution in [1.29, 1.82) is 0 Å². The summed E-state index contributed by atoms with van der Waals surface area (Å²) in [6, 6.07) is 29.0. The summed E-state index contributed by atoms with van der Waals surface area (Å²) in [4.78, 5) is 23.0. The first-order valence-electron chi connectivity index (χ1n) is 11.2. The van der Waals surface area contributed by atoms with Gasteiger partial charge in [0.05, 0.1) is 17.6 Å². The molecule has 4 aromatic carbocycles. The molecular weight excluding hydrogens is 440 g/mol. The van der Waals surface area contributed by atoms with Gasteiger partial charge in [0.1, 0.15) is 0 Å². The third-order valence-corrected chi connectivity index (χ3v) is 5.92. The van der Waals surface area contributed by atoms with Crippen molar-refractivity contribution in [2.24, 2.45) is 5.10 Å². The van der Waals surface area contributed by atoms with Crippen LogP contribution in [0.3, 0.4) is 0 Å². The second-order valence-corrected chi connectivity index (χ2v) is 8.27. The molecule has 0 spiro atoms. The average Bonchev–Trinajstić information content (AvgIpc) is 3.21. The number of rotatable bonds is 7. The van der Waals surface area contributed by atoms with Crippen LogP contribution in [0, 0.1) is 10.1 Å². The Labute approximate surface area is 201 Å². The number of carbonyl (C=O) groups is 1. The van der Waals surface area contributed by atoms with Crippen LogP contribution < -0.4 is 5.43 Å². The van der Waals surface area contributed by atoms with Gasteiger partial charge in [0.25, 0.3) is 5.69 Å². The molecule has 0 bridgehead atoms. The van der Waals surface area contributed by atoms with Gasteiger partial charge in [-0.2, -0.15) is 5.10 Å². The van der Waals surface area contributed by atoms with Gasteiger partial charge < -0.3 is 4.57 Å². The van der Waals surface area contributed by atoms with Crippen molar-refractivity contribution < 1.29 is 9.72 Å². The van der Waals surface area contributed by atoms with E-state index in [0.717, 1.165) is 16.5 Å². The minimum absolute atomic E-state index is 0.0802. The van der Waals surface area contributed by atoms with Gasteiger partial charge in [-0.1, -0.05) is 72.8 Å². The Morgan fingerprint density at radius 1 is 0.943 bits per heavy atom. The molecule has 1 amide bonds. The van der Waals surface area contributed by atoms with E-state index in [1.165, 1.54) is 22.4 Å². The van der Waals surface area contributed by atoms with E-state index in [1.54, 1.807) is 24.4 Å². The second kappa shape index (κ2) is 9.61. The van der Waals surface area contributed by atoms with Gasteiger partial charge in [0.15, 0.2) is 0 Å². The number of hydrazone groups is 1. The molecular formula is C28H22N4O3. The SMILES string of the molecule is O=C(Cc1ccccc1[N+](=O)[O-])N/N=C/c1cn(Cc2ccc3ccccc3c2)c2ccccc12. The Hall–Kier alpha value is -4.78.